The molecule has 1 aliphatic rings. The SMILES string of the molecule is CC1(C)CCCC(Nc2cc(Br)c(F)cc2[N+](=O)[O-])C1. The number of nitro benzene ring substituents is 1. The Kier molecular flexibility index (Phi) is 4.32. The predicted octanol–water partition coefficient (Wildman–Crippen LogP) is 4.88. The zero-order chi connectivity index (χ0) is 14.9. The lowest BCUT2D eigenvalue weighted by Gasteiger charge is -2.36. The van der Waals surface area contributed by atoms with Crippen LogP contribution in [0.1, 0.15) is 39.5 Å². The summed E-state index contributed by atoms with van der Waals surface area (Å²) in [4.78, 5) is 10.5. The van der Waals surface area contributed by atoms with Crippen molar-refractivity contribution < 1.29 is 9.31 Å². The normalized spacial score (nSPS) is 21.5. The quantitative estimate of drug-likeness (QED) is 0.628. The third-order valence-electron chi connectivity index (χ3n) is 3.80. The van der Waals surface area contributed by atoms with Crippen molar-refractivity contribution >= 4 is 27.3 Å². The highest BCUT2D eigenvalue weighted by Gasteiger charge is 2.29. The molecule has 6 heteroatoms. The zero-order valence-corrected chi connectivity index (χ0v) is 13.2. The largest absolute Gasteiger partial charge is 0.377 e. The molecule has 1 N–H and O–H groups in total. The monoisotopic (exact) mass is 344 g/mol. The molecule has 2 rings (SSSR count). The molecule has 0 spiro atoms. The smallest absolute Gasteiger partial charge is 0.295 e. The van der Waals surface area contributed by atoms with E-state index in [1.807, 2.05) is 0 Å². The lowest BCUT2D eigenvalue weighted by molar-refractivity contribution is -0.384. The Hall–Kier alpha value is -1.17. The Balaban J connectivity index is 2.24. The summed E-state index contributed by atoms with van der Waals surface area (Å²) in [6.07, 6.45) is 4.20. The van der Waals surface area contributed by atoms with Gasteiger partial charge in [-0.1, -0.05) is 20.3 Å². The van der Waals surface area contributed by atoms with Gasteiger partial charge in [-0.05, 0) is 46.7 Å². The van der Waals surface area contributed by atoms with Crippen molar-refractivity contribution in [2.45, 2.75) is 45.6 Å². The van der Waals surface area contributed by atoms with Crippen LogP contribution >= 0.6 is 15.9 Å². The summed E-state index contributed by atoms with van der Waals surface area (Å²) < 4.78 is 13.7. The average Bonchev–Trinajstić information content (AvgIpc) is 2.32. The Bertz CT molecular complexity index is 534. The van der Waals surface area contributed by atoms with Gasteiger partial charge >= 0.3 is 0 Å². The molecular weight excluding hydrogens is 327 g/mol. The highest BCUT2D eigenvalue weighted by molar-refractivity contribution is 9.10. The molecular formula is C14H18BrFN2O2. The third kappa shape index (κ3) is 3.48. The molecule has 1 aromatic rings. The number of rotatable bonds is 3. The van der Waals surface area contributed by atoms with Crippen molar-refractivity contribution in [2.75, 3.05) is 5.32 Å². The van der Waals surface area contributed by atoms with E-state index in [9.17, 15) is 14.5 Å². The Labute approximate surface area is 126 Å². The van der Waals surface area contributed by atoms with Crippen LogP contribution in [0.2, 0.25) is 0 Å². The molecule has 0 heterocycles. The van der Waals surface area contributed by atoms with Gasteiger partial charge in [0.05, 0.1) is 15.5 Å². The molecule has 1 fully saturated rings. The fourth-order valence-corrected chi connectivity index (χ4v) is 3.19. The Morgan fingerprint density at radius 2 is 2.20 bits per heavy atom. The average molecular weight is 345 g/mol. The molecule has 0 bridgehead atoms. The van der Waals surface area contributed by atoms with Crippen LogP contribution in [-0.2, 0) is 0 Å². The fraction of sp³-hybridized carbons (Fsp3) is 0.571. The van der Waals surface area contributed by atoms with E-state index in [2.05, 4.69) is 35.1 Å². The number of halogens is 2. The van der Waals surface area contributed by atoms with Crippen molar-refractivity contribution in [3.05, 3.63) is 32.5 Å². The maximum absolute atomic E-state index is 13.4. The second-order valence-electron chi connectivity index (χ2n) is 6.14. The van der Waals surface area contributed by atoms with E-state index in [-0.39, 0.29) is 21.6 Å². The van der Waals surface area contributed by atoms with E-state index < -0.39 is 10.7 Å². The minimum Gasteiger partial charge on any atom is -0.377 e. The number of nitrogens with one attached hydrogen (secondary N) is 1. The Morgan fingerprint density at radius 1 is 1.50 bits per heavy atom. The number of anilines is 1. The molecule has 1 saturated carbocycles. The summed E-state index contributed by atoms with van der Waals surface area (Å²) >= 11 is 3.08. The summed E-state index contributed by atoms with van der Waals surface area (Å²) in [5.41, 5.74) is 0.405. The first kappa shape index (κ1) is 15.2. The first-order chi connectivity index (χ1) is 9.28. The zero-order valence-electron chi connectivity index (χ0n) is 11.6. The van der Waals surface area contributed by atoms with E-state index in [1.165, 1.54) is 12.5 Å². The number of nitro groups is 1. The minimum absolute atomic E-state index is 0.190. The molecule has 20 heavy (non-hydrogen) atoms. The van der Waals surface area contributed by atoms with Crippen LogP contribution in [0.25, 0.3) is 0 Å². The molecule has 0 saturated heterocycles. The molecule has 1 unspecified atom stereocenters. The lowest BCUT2D eigenvalue weighted by Crippen LogP contribution is -2.31. The summed E-state index contributed by atoms with van der Waals surface area (Å²) in [7, 11) is 0. The van der Waals surface area contributed by atoms with Crippen molar-refractivity contribution in [3.8, 4) is 0 Å². The van der Waals surface area contributed by atoms with E-state index in [4.69, 9.17) is 0 Å². The molecule has 110 valence electrons. The Morgan fingerprint density at radius 3 is 2.80 bits per heavy atom. The predicted molar refractivity (Wildman–Crippen MR) is 80.4 cm³/mol. The van der Waals surface area contributed by atoms with Gasteiger partial charge in [0.25, 0.3) is 5.69 Å². The first-order valence-electron chi connectivity index (χ1n) is 6.68. The highest BCUT2D eigenvalue weighted by atomic mass is 79.9. The van der Waals surface area contributed by atoms with Gasteiger partial charge in [0.2, 0.25) is 0 Å². The maximum Gasteiger partial charge on any atom is 0.295 e. The summed E-state index contributed by atoms with van der Waals surface area (Å²) in [5, 5.41) is 14.3. The molecule has 0 radical (unpaired) electrons. The van der Waals surface area contributed by atoms with Crippen LogP contribution in [0, 0.1) is 21.3 Å². The van der Waals surface area contributed by atoms with Crippen molar-refractivity contribution in [2.24, 2.45) is 5.41 Å². The van der Waals surface area contributed by atoms with Gasteiger partial charge in [-0.25, -0.2) is 4.39 Å². The summed E-state index contributed by atoms with van der Waals surface area (Å²) in [5.74, 6) is -0.619. The van der Waals surface area contributed by atoms with Crippen molar-refractivity contribution in [1.82, 2.24) is 0 Å². The van der Waals surface area contributed by atoms with Crippen LogP contribution in [0.5, 0.6) is 0 Å². The molecule has 0 aliphatic heterocycles. The van der Waals surface area contributed by atoms with E-state index in [0.29, 0.717) is 5.69 Å². The van der Waals surface area contributed by atoms with E-state index >= 15 is 0 Å². The number of hydrogen-bond donors (Lipinski definition) is 1. The number of hydrogen-bond acceptors (Lipinski definition) is 3. The molecule has 1 atom stereocenters. The molecule has 0 amide bonds. The fourth-order valence-electron chi connectivity index (χ4n) is 2.84. The molecule has 1 aliphatic carbocycles. The topological polar surface area (TPSA) is 55.2 Å². The van der Waals surface area contributed by atoms with E-state index in [0.717, 1.165) is 25.3 Å². The standard InChI is InChI=1S/C14H18BrFN2O2/c1-14(2)5-3-4-9(8-14)17-12-6-10(15)11(16)7-13(12)18(19)20/h6-7,9,17H,3-5,8H2,1-2H3. The second-order valence-corrected chi connectivity index (χ2v) is 7.00. The van der Waals surface area contributed by atoms with Gasteiger partial charge in [-0.15, -0.1) is 0 Å². The van der Waals surface area contributed by atoms with Gasteiger partial charge in [0.1, 0.15) is 11.5 Å². The van der Waals surface area contributed by atoms with Crippen LogP contribution in [-0.4, -0.2) is 11.0 Å². The first-order valence-corrected chi connectivity index (χ1v) is 7.48. The molecule has 4 nitrogen and oxygen atoms in total. The number of benzene rings is 1. The van der Waals surface area contributed by atoms with Crippen LogP contribution in [0.3, 0.4) is 0 Å². The molecule has 1 aromatic carbocycles. The maximum atomic E-state index is 13.4. The summed E-state index contributed by atoms with van der Waals surface area (Å²) in [6, 6.07) is 2.60. The van der Waals surface area contributed by atoms with Gasteiger partial charge in [-0.3, -0.25) is 10.1 Å². The lowest BCUT2D eigenvalue weighted by atomic mass is 9.75. The second kappa shape index (κ2) is 5.68. The van der Waals surface area contributed by atoms with Gasteiger partial charge in [-0.2, -0.15) is 0 Å². The van der Waals surface area contributed by atoms with Crippen LogP contribution in [0.15, 0.2) is 16.6 Å². The highest BCUT2D eigenvalue weighted by Crippen LogP contribution is 2.38. The van der Waals surface area contributed by atoms with Crippen molar-refractivity contribution in [3.63, 3.8) is 0 Å². The number of nitrogens with zero attached hydrogens (tertiary/aromatic N) is 1. The molecule has 0 aromatic heterocycles. The van der Waals surface area contributed by atoms with Gasteiger partial charge in [0, 0.05) is 6.04 Å². The third-order valence-corrected chi connectivity index (χ3v) is 4.41. The van der Waals surface area contributed by atoms with Crippen LogP contribution < -0.4 is 5.32 Å². The van der Waals surface area contributed by atoms with E-state index in [1.54, 1.807) is 0 Å². The summed E-state index contributed by atoms with van der Waals surface area (Å²) in [6.45, 7) is 4.41. The minimum atomic E-state index is -0.619. The van der Waals surface area contributed by atoms with Crippen molar-refractivity contribution in [1.29, 1.82) is 0 Å². The van der Waals surface area contributed by atoms with Gasteiger partial charge in [0.15, 0.2) is 0 Å². The van der Waals surface area contributed by atoms with Gasteiger partial charge < -0.3 is 5.32 Å². The van der Waals surface area contributed by atoms with Crippen LogP contribution in [0.4, 0.5) is 15.8 Å².